The van der Waals surface area contributed by atoms with Gasteiger partial charge >= 0.3 is 0 Å². The molecule has 0 aliphatic carbocycles. The highest BCUT2D eigenvalue weighted by molar-refractivity contribution is 5.90. The number of amides is 1. The maximum absolute atomic E-state index is 12.7. The molecule has 2 aromatic rings. The van der Waals surface area contributed by atoms with Crippen molar-refractivity contribution in [3.8, 4) is 0 Å². The number of aldehydes is 1. The van der Waals surface area contributed by atoms with Gasteiger partial charge in [-0.15, -0.1) is 0 Å². The number of hydrogen-bond acceptors (Lipinski definition) is 3. The zero-order valence-corrected chi connectivity index (χ0v) is 9.34. The molecule has 92 valence electrons. The minimum absolute atomic E-state index is 0.0399. The lowest BCUT2D eigenvalue weighted by Gasteiger charge is -2.05. The molecule has 1 amide bonds. The monoisotopic (exact) mass is 247 g/mol. The second kappa shape index (κ2) is 5.22. The van der Waals surface area contributed by atoms with E-state index in [2.05, 4.69) is 10.3 Å². The van der Waals surface area contributed by atoms with Crippen molar-refractivity contribution in [2.75, 3.05) is 5.32 Å². The first kappa shape index (κ1) is 12.0. The van der Waals surface area contributed by atoms with E-state index in [0.29, 0.717) is 12.0 Å². The first-order valence-corrected chi connectivity index (χ1v) is 5.20. The normalized spacial score (nSPS) is 10.1. The van der Waals surface area contributed by atoms with Gasteiger partial charge < -0.3 is 9.88 Å². The predicted molar refractivity (Wildman–Crippen MR) is 62.6 cm³/mol. The van der Waals surface area contributed by atoms with Gasteiger partial charge in [0.15, 0.2) is 6.29 Å². The number of benzene rings is 1. The molecule has 6 heteroatoms. The smallest absolute Gasteiger partial charge is 0.244 e. The van der Waals surface area contributed by atoms with Crippen LogP contribution in [0.2, 0.25) is 0 Å². The van der Waals surface area contributed by atoms with Gasteiger partial charge in [0.05, 0.1) is 6.33 Å². The Hall–Kier alpha value is -2.50. The van der Waals surface area contributed by atoms with Crippen LogP contribution in [0.3, 0.4) is 0 Å². The quantitative estimate of drug-likeness (QED) is 0.832. The summed E-state index contributed by atoms with van der Waals surface area (Å²) in [5.74, 6) is -0.644. The van der Waals surface area contributed by atoms with Gasteiger partial charge in [-0.05, 0) is 24.3 Å². The van der Waals surface area contributed by atoms with Crippen LogP contribution in [0.25, 0.3) is 0 Å². The van der Waals surface area contributed by atoms with Gasteiger partial charge in [0, 0.05) is 11.9 Å². The van der Waals surface area contributed by atoms with Crippen LogP contribution in [0.1, 0.15) is 10.5 Å². The molecule has 0 spiro atoms. The zero-order chi connectivity index (χ0) is 13.0. The Morgan fingerprint density at radius 3 is 2.72 bits per heavy atom. The Bertz CT molecular complexity index is 563. The first-order chi connectivity index (χ1) is 8.67. The molecule has 5 nitrogen and oxygen atoms in total. The van der Waals surface area contributed by atoms with E-state index in [9.17, 15) is 14.0 Å². The highest BCUT2D eigenvalue weighted by Gasteiger charge is 2.04. The molecule has 1 aromatic carbocycles. The van der Waals surface area contributed by atoms with Gasteiger partial charge in [-0.25, -0.2) is 9.37 Å². The summed E-state index contributed by atoms with van der Waals surface area (Å²) in [6, 6.07) is 5.46. The van der Waals surface area contributed by atoms with Crippen LogP contribution in [0.15, 0.2) is 36.8 Å². The Labute approximate surface area is 102 Å². The molecule has 0 atom stereocenters. The topological polar surface area (TPSA) is 64.0 Å². The average molecular weight is 247 g/mol. The molecular formula is C12H10FN3O2. The highest BCUT2D eigenvalue weighted by atomic mass is 19.1. The summed E-state index contributed by atoms with van der Waals surface area (Å²) in [5.41, 5.74) is 0.779. The Morgan fingerprint density at radius 1 is 1.39 bits per heavy atom. The Kier molecular flexibility index (Phi) is 3.47. The second-order valence-corrected chi connectivity index (χ2v) is 3.64. The summed E-state index contributed by atoms with van der Waals surface area (Å²) in [6.07, 6.45) is 3.47. The average Bonchev–Trinajstić information content (AvgIpc) is 2.79. The summed E-state index contributed by atoms with van der Waals surface area (Å²) >= 11 is 0. The van der Waals surface area contributed by atoms with E-state index in [-0.39, 0.29) is 24.0 Å². The van der Waals surface area contributed by atoms with Crippen molar-refractivity contribution in [1.29, 1.82) is 0 Å². The molecule has 0 fully saturated rings. The molecule has 0 radical (unpaired) electrons. The number of carbonyl (C=O) groups excluding carboxylic acids is 2. The molecule has 1 heterocycles. The summed E-state index contributed by atoms with van der Waals surface area (Å²) in [5, 5.41) is 2.60. The van der Waals surface area contributed by atoms with E-state index in [0.717, 1.165) is 0 Å². The highest BCUT2D eigenvalue weighted by Crippen LogP contribution is 2.08. The number of halogens is 1. The third-order valence-corrected chi connectivity index (χ3v) is 2.23. The van der Waals surface area contributed by atoms with Crippen LogP contribution in [-0.4, -0.2) is 21.7 Å². The van der Waals surface area contributed by atoms with Crippen molar-refractivity contribution in [2.45, 2.75) is 6.54 Å². The summed E-state index contributed by atoms with van der Waals surface area (Å²) in [7, 11) is 0. The fourth-order valence-corrected chi connectivity index (χ4v) is 1.42. The van der Waals surface area contributed by atoms with Crippen LogP contribution >= 0.6 is 0 Å². The second-order valence-electron chi connectivity index (χ2n) is 3.64. The van der Waals surface area contributed by atoms with Gasteiger partial charge in [-0.1, -0.05) is 0 Å². The number of carbonyl (C=O) groups is 2. The number of imidazole rings is 1. The Balaban J connectivity index is 1.96. The van der Waals surface area contributed by atoms with Crippen molar-refractivity contribution in [1.82, 2.24) is 9.55 Å². The van der Waals surface area contributed by atoms with E-state index < -0.39 is 0 Å². The minimum Gasteiger partial charge on any atom is -0.327 e. The maximum atomic E-state index is 12.7. The summed E-state index contributed by atoms with van der Waals surface area (Å²) in [4.78, 5) is 25.8. The lowest BCUT2D eigenvalue weighted by molar-refractivity contribution is -0.116. The number of nitrogens with zero attached hydrogens (tertiary/aromatic N) is 2. The molecule has 1 aromatic heterocycles. The molecule has 2 rings (SSSR count). The maximum Gasteiger partial charge on any atom is 0.244 e. The predicted octanol–water partition coefficient (Wildman–Crippen LogP) is 1.47. The summed E-state index contributed by atoms with van der Waals surface area (Å²) in [6.45, 7) is 0.0399. The van der Waals surface area contributed by atoms with E-state index in [1.54, 1.807) is 0 Å². The number of hydrogen-bond donors (Lipinski definition) is 1. The van der Waals surface area contributed by atoms with Crippen molar-refractivity contribution in [3.63, 3.8) is 0 Å². The van der Waals surface area contributed by atoms with Crippen molar-refractivity contribution in [3.05, 3.63) is 48.3 Å². The lowest BCUT2D eigenvalue weighted by atomic mass is 10.3. The fourth-order valence-electron chi connectivity index (χ4n) is 1.42. The molecule has 0 unspecified atom stereocenters. The molecule has 18 heavy (non-hydrogen) atoms. The third kappa shape index (κ3) is 3.00. The standard InChI is InChI=1S/C12H10FN3O2/c13-9-1-3-10(4-2-9)15-12(18)6-16-5-11(7-17)14-8-16/h1-5,7-8H,6H2,(H,15,18). The minimum atomic E-state index is -0.363. The molecule has 0 saturated carbocycles. The SMILES string of the molecule is O=Cc1cn(CC(=O)Nc2ccc(F)cc2)cn1. The number of nitrogens with one attached hydrogen (secondary N) is 1. The molecule has 0 aliphatic heterocycles. The number of aromatic nitrogens is 2. The van der Waals surface area contributed by atoms with Gasteiger partial charge in [0.2, 0.25) is 5.91 Å². The molecule has 1 N–H and O–H groups in total. The molecular weight excluding hydrogens is 237 g/mol. The van der Waals surface area contributed by atoms with Gasteiger partial charge in [-0.2, -0.15) is 0 Å². The molecule has 0 bridgehead atoms. The fraction of sp³-hybridized carbons (Fsp3) is 0.0833. The number of anilines is 1. The van der Waals surface area contributed by atoms with Crippen LogP contribution < -0.4 is 5.32 Å². The van der Waals surface area contributed by atoms with Crippen LogP contribution in [0.5, 0.6) is 0 Å². The van der Waals surface area contributed by atoms with Gasteiger partial charge in [0.25, 0.3) is 0 Å². The van der Waals surface area contributed by atoms with Crippen LogP contribution in [0, 0.1) is 5.82 Å². The lowest BCUT2D eigenvalue weighted by Crippen LogP contribution is -2.17. The van der Waals surface area contributed by atoms with Crippen molar-refractivity contribution >= 4 is 17.9 Å². The third-order valence-electron chi connectivity index (χ3n) is 2.23. The van der Waals surface area contributed by atoms with E-state index in [4.69, 9.17) is 0 Å². The van der Waals surface area contributed by atoms with Crippen molar-refractivity contribution in [2.24, 2.45) is 0 Å². The van der Waals surface area contributed by atoms with Crippen molar-refractivity contribution < 1.29 is 14.0 Å². The van der Waals surface area contributed by atoms with Crippen LogP contribution in [0.4, 0.5) is 10.1 Å². The number of rotatable bonds is 4. The van der Waals surface area contributed by atoms with E-state index >= 15 is 0 Å². The largest absolute Gasteiger partial charge is 0.327 e. The molecule has 0 aliphatic rings. The van der Waals surface area contributed by atoms with Crippen LogP contribution in [-0.2, 0) is 11.3 Å². The Morgan fingerprint density at radius 2 is 2.11 bits per heavy atom. The van der Waals surface area contributed by atoms with E-state index in [1.807, 2.05) is 0 Å². The molecule has 0 saturated heterocycles. The summed E-state index contributed by atoms with van der Waals surface area (Å²) < 4.78 is 14.1. The zero-order valence-electron chi connectivity index (χ0n) is 9.34. The van der Waals surface area contributed by atoms with E-state index in [1.165, 1.54) is 41.4 Å². The first-order valence-electron chi connectivity index (χ1n) is 5.20. The van der Waals surface area contributed by atoms with Gasteiger partial charge in [0.1, 0.15) is 18.1 Å². The van der Waals surface area contributed by atoms with Gasteiger partial charge in [-0.3, -0.25) is 9.59 Å².